The Morgan fingerprint density at radius 3 is 2.72 bits per heavy atom. The van der Waals surface area contributed by atoms with E-state index in [0.29, 0.717) is 17.2 Å². The lowest BCUT2D eigenvalue weighted by Gasteiger charge is -2.26. The molecule has 1 aliphatic rings. The zero-order chi connectivity index (χ0) is 17.9. The van der Waals surface area contributed by atoms with E-state index in [4.69, 9.17) is 9.15 Å². The molecule has 1 fully saturated rings. The van der Waals surface area contributed by atoms with E-state index in [2.05, 4.69) is 10.6 Å². The van der Waals surface area contributed by atoms with Crippen LogP contribution in [0.3, 0.4) is 0 Å². The summed E-state index contributed by atoms with van der Waals surface area (Å²) in [6, 6.07) is 10.0. The van der Waals surface area contributed by atoms with E-state index in [-0.39, 0.29) is 12.5 Å². The second-order valence-electron chi connectivity index (χ2n) is 6.04. The molecule has 1 aromatic carbocycles. The van der Waals surface area contributed by atoms with E-state index < -0.39 is 17.4 Å². The van der Waals surface area contributed by atoms with Gasteiger partial charge in [0.2, 0.25) is 0 Å². The summed E-state index contributed by atoms with van der Waals surface area (Å²) in [6.07, 6.45) is 3.17. The molecule has 0 saturated heterocycles. The number of carbonyl (C=O) groups is 2. The number of aliphatic hydroxyl groups is 1. The fourth-order valence-corrected chi connectivity index (χ4v) is 2.70. The zero-order valence-electron chi connectivity index (χ0n) is 13.8. The van der Waals surface area contributed by atoms with Crippen molar-refractivity contribution in [2.24, 2.45) is 5.92 Å². The van der Waals surface area contributed by atoms with Gasteiger partial charge in [-0.2, -0.15) is 0 Å². The smallest absolute Gasteiger partial charge is 0.313 e. The summed E-state index contributed by atoms with van der Waals surface area (Å²) in [6.45, 7) is -0.0878. The number of carbonyl (C=O) groups excluding carboxylic acids is 2. The first-order valence-corrected chi connectivity index (χ1v) is 8.02. The summed E-state index contributed by atoms with van der Waals surface area (Å²) < 4.78 is 10.4. The molecular weight excluding hydrogens is 324 g/mol. The highest BCUT2D eigenvalue weighted by Gasteiger charge is 2.47. The highest BCUT2D eigenvalue weighted by atomic mass is 16.5. The minimum atomic E-state index is -1.30. The minimum absolute atomic E-state index is 0.0143. The average Bonchev–Trinajstić information content (AvgIpc) is 3.34. The summed E-state index contributed by atoms with van der Waals surface area (Å²) in [5.41, 5.74) is -0.849. The molecule has 3 rings (SSSR count). The van der Waals surface area contributed by atoms with Gasteiger partial charge in [0.25, 0.3) is 0 Å². The predicted molar refractivity (Wildman–Crippen MR) is 90.0 cm³/mol. The van der Waals surface area contributed by atoms with Gasteiger partial charge in [-0.15, -0.1) is 0 Å². The van der Waals surface area contributed by atoms with Crippen molar-refractivity contribution in [1.29, 1.82) is 0 Å². The molecule has 1 heterocycles. The summed E-state index contributed by atoms with van der Waals surface area (Å²) >= 11 is 0. The number of furan rings is 1. The molecule has 1 saturated carbocycles. The molecule has 132 valence electrons. The topological polar surface area (TPSA) is 101 Å². The Morgan fingerprint density at radius 1 is 1.28 bits per heavy atom. The minimum Gasteiger partial charge on any atom is -0.497 e. The van der Waals surface area contributed by atoms with Crippen LogP contribution in [0.4, 0.5) is 5.69 Å². The normalized spacial score (nSPS) is 15.9. The van der Waals surface area contributed by atoms with Crippen molar-refractivity contribution in [3.63, 3.8) is 0 Å². The Bertz CT molecular complexity index is 755. The third-order valence-corrected chi connectivity index (χ3v) is 4.25. The van der Waals surface area contributed by atoms with Crippen molar-refractivity contribution in [3.05, 3.63) is 48.4 Å². The van der Waals surface area contributed by atoms with E-state index in [1.165, 1.54) is 13.4 Å². The number of ether oxygens (including phenoxy) is 1. The summed E-state index contributed by atoms with van der Waals surface area (Å²) in [5.74, 6) is -0.665. The van der Waals surface area contributed by atoms with E-state index in [9.17, 15) is 14.7 Å². The molecule has 1 aliphatic carbocycles. The van der Waals surface area contributed by atoms with Gasteiger partial charge in [0.15, 0.2) is 0 Å². The molecule has 7 heteroatoms. The quantitative estimate of drug-likeness (QED) is 0.692. The van der Waals surface area contributed by atoms with Crippen molar-refractivity contribution in [2.45, 2.75) is 18.4 Å². The van der Waals surface area contributed by atoms with Crippen molar-refractivity contribution in [1.82, 2.24) is 5.32 Å². The van der Waals surface area contributed by atoms with E-state index >= 15 is 0 Å². The van der Waals surface area contributed by atoms with Crippen LogP contribution >= 0.6 is 0 Å². The fraction of sp³-hybridized carbons (Fsp3) is 0.333. The number of nitrogens with one attached hydrogen (secondary N) is 2. The molecular formula is C18H20N2O5. The number of methoxy groups -OCH3 is 1. The van der Waals surface area contributed by atoms with Gasteiger partial charge in [-0.3, -0.25) is 9.59 Å². The first-order chi connectivity index (χ1) is 12.0. The SMILES string of the molecule is COc1cccc(NC(=O)C(=O)NCC(O)(c2ccco2)C2CC2)c1. The Morgan fingerprint density at radius 2 is 2.08 bits per heavy atom. The Kier molecular flexibility index (Phi) is 4.76. The molecule has 7 nitrogen and oxygen atoms in total. The molecule has 1 aromatic heterocycles. The lowest BCUT2D eigenvalue weighted by atomic mass is 9.94. The van der Waals surface area contributed by atoms with Gasteiger partial charge in [0, 0.05) is 11.8 Å². The number of hydrogen-bond acceptors (Lipinski definition) is 5. The predicted octanol–water partition coefficient (Wildman–Crippen LogP) is 1.64. The molecule has 2 aromatic rings. The van der Waals surface area contributed by atoms with Gasteiger partial charge in [0.05, 0.1) is 19.9 Å². The Hall–Kier alpha value is -2.80. The van der Waals surface area contributed by atoms with Crippen LogP contribution in [0.15, 0.2) is 47.1 Å². The second kappa shape index (κ2) is 6.98. The van der Waals surface area contributed by atoms with E-state index in [1.807, 2.05) is 0 Å². The number of rotatable bonds is 6. The van der Waals surface area contributed by atoms with Gasteiger partial charge in [0.1, 0.15) is 17.1 Å². The molecule has 1 unspecified atom stereocenters. The van der Waals surface area contributed by atoms with Crippen LogP contribution in [0.5, 0.6) is 5.75 Å². The lowest BCUT2D eigenvalue weighted by Crippen LogP contribution is -2.45. The monoisotopic (exact) mass is 344 g/mol. The van der Waals surface area contributed by atoms with Crippen LogP contribution in [0, 0.1) is 5.92 Å². The van der Waals surface area contributed by atoms with Crippen LogP contribution in [0.2, 0.25) is 0 Å². The van der Waals surface area contributed by atoms with Crippen molar-refractivity contribution < 1.29 is 23.8 Å². The maximum absolute atomic E-state index is 12.1. The first-order valence-electron chi connectivity index (χ1n) is 8.02. The van der Waals surface area contributed by atoms with Gasteiger partial charge >= 0.3 is 11.8 Å². The second-order valence-corrected chi connectivity index (χ2v) is 6.04. The van der Waals surface area contributed by atoms with Gasteiger partial charge in [-0.25, -0.2) is 0 Å². The Labute approximate surface area is 145 Å². The lowest BCUT2D eigenvalue weighted by molar-refractivity contribution is -0.137. The molecule has 0 bridgehead atoms. The maximum Gasteiger partial charge on any atom is 0.313 e. The van der Waals surface area contributed by atoms with Gasteiger partial charge < -0.3 is 24.9 Å². The van der Waals surface area contributed by atoms with Gasteiger partial charge in [-0.05, 0) is 43.0 Å². The largest absolute Gasteiger partial charge is 0.497 e. The van der Waals surface area contributed by atoms with Crippen LogP contribution < -0.4 is 15.4 Å². The summed E-state index contributed by atoms with van der Waals surface area (Å²) in [5, 5.41) is 15.8. The molecule has 1 atom stereocenters. The average molecular weight is 344 g/mol. The van der Waals surface area contributed by atoms with E-state index in [1.54, 1.807) is 36.4 Å². The van der Waals surface area contributed by atoms with Crippen LogP contribution in [-0.4, -0.2) is 30.6 Å². The van der Waals surface area contributed by atoms with Gasteiger partial charge in [-0.1, -0.05) is 6.07 Å². The highest BCUT2D eigenvalue weighted by molar-refractivity contribution is 6.39. The fourth-order valence-electron chi connectivity index (χ4n) is 2.70. The molecule has 0 spiro atoms. The Balaban J connectivity index is 1.60. The zero-order valence-corrected chi connectivity index (χ0v) is 13.8. The third kappa shape index (κ3) is 3.83. The molecule has 0 aliphatic heterocycles. The van der Waals surface area contributed by atoms with Crippen molar-refractivity contribution >= 4 is 17.5 Å². The summed E-state index contributed by atoms with van der Waals surface area (Å²) in [4.78, 5) is 24.1. The number of anilines is 1. The van der Waals surface area contributed by atoms with Crippen molar-refractivity contribution in [2.75, 3.05) is 19.0 Å². The third-order valence-electron chi connectivity index (χ3n) is 4.25. The molecule has 0 radical (unpaired) electrons. The number of hydrogen-bond donors (Lipinski definition) is 3. The maximum atomic E-state index is 12.1. The van der Waals surface area contributed by atoms with Crippen molar-refractivity contribution in [3.8, 4) is 5.75 Å². The standard InChI is InChI=1S/C18H20N2O5/c1-24-14-5-2-4-13(10-14)20-17(22)16(21)19-11-18(23,12-7-8-12)15-6-3-9-25-15/h2-6,9-10,12,23H,7-8,11H2,1H3,(H,19,21)(H,20,22). The molecule has 3 N–H and O–H groups in total. The molecule has 25 heavy (non-hydrogen) atoms. The number of amides is 2. The van der Waals surface area contributed by atoms with Crippen LogP contribution in [-0.2, 0) is 15.2 Å². The van der Waals surface area contributed by atoms with Crippen LogP contribution in [0.25, 0.3) is 0 Å². The van der Waals surface area contributed by atoms with Crippen LogP contribution in [0.1, 0.15) is 18.6 Å². The first kappa shape index (κ1) is 17.0. The number of benzene rings is 1. The highest BCUT2D eigenvalue weighted by Crippen LogP contribution is 2.45. The summed E-state index contributed by atoms with van der Waals surface area (Å²) in [7, 11) is 1.51. The van der Waals surface area contributed by atoms with E-state index in [0.717, 1.165) is 12.8 Å². The molecule has 2 amide bonds.